The van der Waals surface area contributed by atoms with Crippen LogP contribution in [0.5, 0.6) is 0 Å². The standard InChI is InChI=1S/C15H20N2O3S/c1-11(10-14(18)20-2)21-9-5-8-17-13-7-4-3-6-12(13)16-15(17)19/h3-4,6-7,11H,5,8-10H2,1-2H3,(H,16,19). The Hall–Kier alpha value is -1.69. The molecule has 1 atom stereocenters. The summed E-state index contributed by atoms with van der Waals surface area (Å²) in [5, 5.41) is 0.233. The van der Waals surface area contributed by atoms with Crippen LogP contribution < -0.4 is 5.69 Å². The minimum atomic E-state index is -0.178. The highest BCUT2D eigenvalue weighted by atomic mass is 32.2. The fraction of sp³-hybridized carbons (Fsp3) is 0.467. The number of H-pyrrole nitrogens is 1. The molecule has 1 aromatic carbocycles. The summed E-state index contributed by atoms with van der Waals surface area (Å²) < 4.78 is 6.41. The van der Waals surface area contributed by atoms with Crippen molar-refractivity contribution in [3.05, 3.63) is 34.7 Å². The number of fused-ring (bicyclic) bond motifs is 1. The van der Waals surface area contributed by atoms with Gasteiger partial charge in [0.05, 0.1) is 24.6 Å². The second-order valence-corrected chi connectivity index (χ2v) is 6.46. The molecule has 6 heteroatoms. The smallest absolute Gasteiger partial charge is 0.326 e. The highest BCUT2D eigenvalue weighted by molar-refractivity contribution is 7.99. The van der Waals surface area contributed by atoms with E-state index in [4.69, 9.17) is 0 Å². The molecule has 0 aliphatic heterocycles. The highest BCUT2D eigenvalue weighted by Crippen LogP contribution is 2.16. The van der Waals surface area contributed by atoms with Gasteiger partial charge in [-0.15, -0.1) is 0 Å². The van der Waals surface area contributed by atoms with Crippen molar-refractivity contribution in [1.29, 1.82) is 0 Å². The van der Waals surface area contributed by atoms with Crippen LogP contribution >= 0.6 is 11.8 Å². The number of aromatic nitrogens is 2. The van der Waals surface area contributed by atoms with Gasteiger partial charge in [-0.25, -0.2) is 4.79 Å². The SMILES string of the molecule is COC(=O)CC(C)SCCCn1c(=O)[nH]c2ccccc21. The van der Waals surface area contributed by atoms with Gasteiger partial charge >= 0.3 is 11.7 Å². The third kappa shape index (κ3) is 4.14. The van der Waals surface area contributed by atoms with Crippen LogP contribution in [0, 0.1) is 0 Å². The van der Waals surface area contributed by atoms with Crippen molar-refractivity contribution in [2.24, 2.45) is 0 Å². The van der Waals surface area contributed by atoms with E-state index in [1.807, 2.05) is 31.2 Å². The van der Waals surface area contributed by atoms with E-state index in [-0.39, 0.29) is 16.9 Å². The number of nitrogens with zero attached hydrogens (tertiary/aromatic N) is 1. The van der Waals surface area contributed by atoms with Crippen LogP contribution in [0.4, 0.5) is 0 Å². The van der Waals surface area contributed by atoms with Gasteiger partial charge in [0, 0.05) is 11.8 Å². The molecule has 1 heterocycles. The minimum Gasteiger partial charge on any atom is -0.469 e. The van der Waals surface area contributed by atoms with E-state index in [1.165, 1.54) is 7.11 Å². The van der Waals surface area contributed by atoms with Crippen LogP contribution in [0.15, 0.2) is 29.1 Å². The molecule has 0 spiro atoms. The summed E-state index contributed by atoms with van der Waals surface area (Å²) in [5.41, 5.74) is 1.74. The van der Waals surface area contributed by atoms with Crippen molar-refractivity contribution in [3.63, 3.8) is 0 Å². The zero-order valence-electron chi connectivity index (χ0n) is 12.3. The second-order valence-electron chi connectivity index (χ2n) is 4.91. The molecule has 2 aromatic rings. The van der Waals surface area contributed by atoms with E-state index in [9.17, 15) is 9.59 Å². The number of ether oxygens (including phenoxy) is 1. The van der Waals surface area contributed by atoms with E-state index in [1.54, 1.807) is 16.3 Å². The first-order valence-corrected chi connectivity index (χ1v) is 8.02. The van der Waals surface area contributed by atoms with Crippen molar-refractivity contribution in [3.8, 4) is 0 Å². The molecule has 5 nitrogen and oxygen atoms in total. The van der Waals surface area contributed by atoms with Gasteiger partial charge < -0.3 is 9.72 Å². The van der Waals surface area contributed by atoms with Crippen LogP contribution in [0.2, 0.25) is 0 Å². The first kappa shape index (κ1) is 15.7. The van der Waals surface area contributed by atoms with Gasteiger partial charge in [0.25, 0.3) is 0 Å². The average Bonchev–Trinajstić information content (AvgIpc) is 2.79. The summed E-state index contributed by atoms with van der Waals surface area (Å²) >= 11 is 1.73. The minimum absolute atomic E-state index is 0.0659. The van der Waals surface area contributed by atoms with Crippen LogP contribution in [-0.4, -0.2) is 33.6 Å². The molecule has 0 saturated heterocycles. The molecule has 0 saturated carbocycles. The number of carbonyl (C=O) groups is 1. The van der Waals surface area contributed by atoms with Crippen molar-refractivity contribution in [2.75, 3.05) is 12.9 Å². The van der Waals surface area contributed by atoms with Crippen molar-refractivity contribution in [2.45, 2.75) is 31.6 Å². The predicted octanol–water partition coefficient (Wildman–Crippen LogP) is 2.40. The number of aryl methyl sites for hydroxylation is 1. The van der Waals surface area contributed by atoms with Gasteiger partial charge in [-0.2, -0.15) is 11.8 Å². The van der Waals surface area contributed by atoms with E-state index >= 15 is 0 Å². The topological polar surface area (TPSA) is 64.1 Å². The summed E-state index contributed by atoms with van der Waals surface area (Å²) in [7, 11) is 1.41. The molecular formula is C15H20N2O3S. The van der Waals surface area contributed by atoms with Gasteiger partial charge in [-0.3, -0.25) is 9.36 Å². The number of hydrogen-bond donors (Lipinski definition) is 1. The molecule has 0 aliphatic carbocycles. The number of methoxy groups -OCH3 is 1. The number of imidazole rings is 1. The molecule has 114 valence electrons. The number of esters is 1. The average molecular weight is 308 g/mol. The van der Waals surface area contributed by atoms with E-state index in [2.05, 4.69) is 9.72 Å². The number of para-hydroxylation sites is 2. The number of rotatable bonds is 7. The third-order valence-electron chi connectivity index (χ3n) is 3.29. The Labute approximate surface area is 127 Å². The molecule has 0 bridgehead atoms. The maximum atomic E-state index is 11.9. The van der Waals surface area contributed by atoms with Crippen molar-refractivity contribution >= 4 is 28.8 Å². The van der Waals surface area contributed by atoms with E-state index in [0.717, 1.165) is 23.2 Å². The van der Waals surface area contributed by atoms with E-state index in [0.29, 0.717) is 13.0 Å². The third-order valence-corrected chi connectivity index (χ3v) is 4.55. The summed E-state index contributed by atoms with van der Waals surface area (Å²) in [5.74, 6) is 0.729. The summed E-state index contributed by atoms with van der Waals surface area (Å²) in [6, 6.07) is 7.69. The number of aromatic amines is 1. The lowest BCUT2D eigenvalue weighted by Gasteiger charge is -2.09. The molecule has 2 rings (SSSR count). The van der Waals surface area contributed by atoms with Crippen LogP contribution in [0.1, 0.15) is 19.8 Å². The molecule has 0 fully saturated rings. The predicted molar refractivity (Wildman–Crippen MR) is 85.7 cm³/mol. The Kier molecular flexibility index (Phi) is 5.50. The van der Waals surface area contributed by atoms with Gasteiger partial charge in [0.15, 0.2) is 0 Å². The zero-order valence-corrected chi connectivity index (χ0v) is 13.1. The van der Waals surface area contributed by atoms with Crippen LogP contribution in [0.3, 0.4) is 0 Å². The molecule has 0 amide bonds. The number of nitrogens with one attached hydrogen (secondary N) is 1. The maximum Gasteiger partial charge on any atom is 0.326 e. The van der Waals surface area contributed by atoms with Gasteiger partial charge in [-0.05, 0) is 24.3 Å². The van der Waals surface area contributed by atoms with Crippen LogP contribution in [0.25, 0.3) is 11.0 Å². The largest absolute Gasteiger partial charge is 0.469 e. The van der Waals surface area contributed by atoms with E-state index < -0.39 is 0 Å². The Bertz CT molecular complexity index is 662. The molecule has 1 aromatic heterocycles. The highest BCUT2D eigenvalue weighted by Gasteiger charge is 2.10. The summed E-state index contributed by atoms with van der Waals surface area (Å²) in [4.78, 5) is 25.9. The lowest BCUT2D eigenvalue weighted by molar-refractivity contribution is -0.140. The summed E-state index contributed by atoms with van der Waals surface area (Å²) in [6.07, 6.45) is 1.31. The molecule has 0 aliphatic rings. The van der Waals surface area contributed by atoms with Gasteiger partial charge in [0.2, 0.25) is 0 Å². The van der Waals surface area contributed by atoms with Crippen LogP contribution in [-0.2, 0) is 16.1 Å². The molecule has 21 heavy (non-hydrogen) atoms. The van der Waals surface area contributed by atoms with Crippen molar-refractivity contribution in [1.82, 2.24) is 9.55 Å². The van der Waals surface area contributed by atoms with Gasteiger partial charge in [-0.1, -0.05) is 19.1 Å². The fourth-order valence-corrected chi connectivity index (χ4v) is 3.17. The van der Waals surface area contributed by atoms with Gasteiger partial charge in [0.1, 0.15) is 0 Å². The number of hydrogen-bond acceptors (Lipinski definition) is 4. The Morgan fingerprint density at radius 2 is 2.19 bits per heavy atom. The monoisotopic (exact) mass is 308 g/mol. The first-order chi connectivity index (χ1) is 10.1. The number of thioether (sulfide) groups is 1. The first-order valence-electron chi connectivity index (χ1n) is 6.97. The molecule has 1 unspecified atom stereocenters. The van der Waals surface area contributed by atoms with Crippen molar-refractivity contribution < 1.29 is 9.53 Å². The number of benzene rings is 1. The molecule has 1 N–H and O–H groups in total. The fourth-order valence-electron chi connectivity index (χ4n) is 2.21. The maximum absolute atomic E-state index is 11.9. The Morgan fingerprint density at radius 3 is 2.95 bits per heavy atom. The lowest BCUT2D eigenvalue weighted by atomic mass is 10.3. The Balaban J connectivity index is 1.84. The Morgan fingerprint density at radius 1 is 1.43 bits per heavy atom. The quantitative estimate of drug-likeness (QED) is 0.630. The lowest BCUT2D eigenvalue weighted by Crippen LogP contribution is -2.17. The normalized spacial score (nSPS) is 12.5. The zero-order chi connectivity index (χ0) is 15.2. The second kappa shape index (κ2) is 7.36. The molecule has 0 radical (unpaired) electrons. The molecular weight excluding hydrogens is 288 g/mol. The summed E-state index contributed by atoms with van der Waals surface area (Å²) in [6.45, 7) is 2.69. The number of carbonyl (C=O) groups excluding carboxylic acids is 1.